The van der Waals surface area contributed by atoms with E-state index in [-0.39, 0.29) is 0 Å². The van der Waals surface area contributed by atoms with Gasteiger partial charge in [0.05, 0.1) is 12.2 Å². The van der Waals surface area contributed by atoms with Gasteiger partial charge in [0.2, 0.25) is 0 Å². The SMILES string of the molecule is CC.CCC(C)OC(C)C1CCCCC1. The molecule has 92 valence electrons. The Kier molecular flexibility index (Phi) is 9.18. The predicted molar refractivity (Wildman–Crippen MR) is 68.2 cm³/mol. The molecule has 1 heteroatoms. The quantitative estimate of drug-likeness (QED) is 0.653. The van der Waals surface area contributed by atoms with Crippen LogP contribution in [0.15, 0.2) is 0 Å². The van der Waals surface area contributed by atoms with Crippen LogP contribution in [0, 0.1) is 5.92 Å². The summed E-state index contributed by atoms with van der Waals surface area (Å²) >= 11 is 0. The van der Waals surface area contributed by atoms with Crippen molar-refractivity contribution < 1.29 is 4.74 Å². The van der Waals surface area contributed by atoms with Crippen molar-refractivity contribution in [3.05, 3.63) is 0 Å². The van der Waals surface area contributed by atoms with Gasteiger partial charge >= 0.3 is 0 Å². The van der Waals surface area contributed by atoms with Gasteiger partial charge in [0, 0.05) is 0 Å². The van der Waals surface area contributed by atoms with E-state index in [0.29, 0.717) is 12.2 Å². The number of hydrogen-bond donors (Lipinski definition) is 0. The lowest BCUT2D eigenvalue weighted by Crippen LogP contribution is -2.26. The average molecular weight is 214 g/mol. The normalized spacial score (nSPS) is 21.4. The van der Waals surface area contributed by atoms with Crippen LogP contribution < -0.4 is 0 Å². The molecule has 1 rings (SSSR count). The molecule has 15 heavy (non-hydrogen) atoms. The Morgan fingerprint density at radius 2 is 1.60 bits per heavy atom. The molecule has 0 saturated heterocycles. The molecule has 1 aliphatic carbocycles. The molecule has 2 unspecified atom stereocenters. The monoisotopic (exact) mass is 214 g/mol. The van der Waals surface area contributed by atoms with Crippen LogP contribution in [0.5, 0.6) is 0 Å². The van der Waals surface area contributed by atoms with Crippen LogP contribution in [0.4, 0.5) is 0 Å². The second kappa shape index (κ2) is 9.21. The smallest absolute Gasteiger partial charge is 0.0578 e. The fourth-order valence-electron chi connectivity index (χ4n) is 2.18. The number of rotatable bonds is 4. The van der Waals surface area contributed by atoms with Gasteiger partial charge in [-0.25, -0.2) is 0 Å². The third-order valence-electron chi connectivity index (χ3n) is 3.34. The van der Waals surface area contributed by atoms with Crippen LogP contribution in [0.3, 0.4) is 0 Å². The molecule has 0 amide bonds. The van der Waals surface area contributed by atoms with E-state index >= 15 is 0 Å². The van der Waals surface area contributed by atoms with Crippen LogP contribution in [0.25, 0.3) is 0 Å². The van der Waals surface area contributed by atoms with Gasteiger partial charge in [0.15, 0.2) is 0 Å². The minimum absolute atomic E-state index is 0.442. The zero-order chi connectivity index (χ0) is 11.7. The molecule has 1 fully saturated rings. The minimum Gasteiger partial charge on any atom is -0.375 e. The van der Waals surface area contributed by atoms with Crippen LogP contribution in [-0.4, -0.2) is 12.2 Å². The summed E-state index contributed by atoms with van der Waals surface area (Å²) in [5, 5.41) is 0. The van der Waals surface area contributed by atoms with Crippen molar-refractivity contribution in [2.45, 2.75) is 85.4 Å². The Hall–Kier alpha value is -0.0400. The summed E-state index contributed by atoms with van der Waals surface area (Å²) in [6, 6.07) is 0. The summed E-state index contributed by atoms with van der Waals surface area (Å²) in [5.74, 6) is 0.836. The van der Waals surface area contributed by atoms with Gasteiger partial charge in [-0.3, -0.25) is 0 Å². The van der Waals surface area contributed by atoms with Crippen LogP contribution in [-0.2, 0) is 4.74 Å². The van der Waals surface area contributed by atoms with E-state index in [9.17, 15) is 0 Å². The van der Waals surface area contributed by atoms with E-state index in [1.807, 2.05) is 13.8 Å². The van der Waals surface area contributed by atoms with Crippen molar-refractivity contribution in [2.75, 3.05) is 0 Å². The first-order valence-corrected chi connectivity index (χ1v) is 6.89. The number of ether oxygens (including phenoxy) is 1. The van der Waals surface area contributed by atoms with Gasteiger partial charge < -0.3 is 4.74 Å². The van der Waals surface area contributed by atoms with Gasteiger partial charge in [0.25, 0.3) is 0 Å². The standard InChI is InChI=1S/C12H24O.C2H6/c1-4-10(2)13-11(3)12-8-6-5-7-9-12;1-2/h10-12H,4-9H2,1-3H3;1-2H3. The summed E-state index contributed by atoms with van der Waals surface area (Å²) in [6.45, 7) is 10.6. The summed E-state index contributed by atoms with van der Waals surface area (Å²) in [6.07, 6.45) is 9.10. The second-order valence-corrected chi connectivity index (χ2v) is 4.46. The van der Waals surface area contributed by atoms with Gasteiger partial charge in [0.1, 0.15) is 0 Å². The maximum atomic E-state index is 5.94. The Labute approximate surface area is 96.6 Å². The molecule has 0 aliphatic heterocycles. The zero-order valence-electron chi connectivity index (χ0n) is 11.4. The van der Waals surface area contributed by atoms with Crippen molar-refractivity contribution in [1.82, 2.24) is 0 Å². The number of hydrogen-bond acceptors (Lipinski definition) is 1. The molecule has 2 atom stereocenters. The van der Waals surface area contributed by atoms with E-state index < -0.39 is 0 Å². The lowest BCUT2D eigenvalue weighted by Gasteiger charge is -2.29. The fraction of sp³-hybridized carbons (Fsp3) is 1.00. The van der Waals surface area contributed by atoms with Gasteiger partial charge in [-0.05, 0) is 39.0 Å². The van der Waals surface area contributed by atoms with Crippen molar-refractivity contribution in [1.29, 1.82) is 0 Å². The molecule has 0 aromatic heterocycles. The Morgan fingerprint density at radius 3 is 2.07 bits per heavy atom. The predicted octanol–water partition coefficient (Wildman–Crippen LogP) is 4.80. The summed E-state index contributed by atoms with van der Waals surface area (Å²) in [4.78, 5) is 0. The molecule has 0 aromatic carbocycles. The van der Waals surface area contributed by atoms with Crippen LogP contribution in [0.1, 0.15) is 73.1 Å². The highest BCUT2D eigenvalue weighted by atomic mass is 16.5. The van der Waals surface area contributed by atoms with Crippen LogP contribution >= 0.6 is 0 Å². The van der Waals surface area contributed by atoms with Gasteiger partial charge in [-0.15, -0.1) is 0 Å². The molecular weight excluding hydrogens is 184 g/mol. The Morgan fingerprint density at radius 1 is 1.07 bits per heavy atom. The first-order chi connectivity index (χ1) is 7.24. The first-order valence-electron chi connectivity index (χ1n) is 6.89. The molecule has 1 saturated carbocycles. The van der Waals surface area contributed by atoms with Gasteiger partial charge in [-0.2, -0.15) is 0 Å². The first kappa shape index (κ1) is 15.0. The lowest BCUT2D eigenvalue weighted by molar-refractivity contribution is -0.0334. The van der Waals surface area contributed by atoms with Gasteiger partial charge in [-0.1, -0.05) is 40.0 Å². The Balaban J connectivity index is 0.000000921. The highest BCUT2D eigenvalue weighted by molar-refractivity contribution is 4.72. The zero-order valence-corrected chi connectivity index (χ0v) is 11.4. The average Bonchev–Trinajstić information content (AvgIpc) is 2.32. The molecule has 0 aromatic rings. The minimum atomic E-state index is 0.442. The van der Waals surface area contributed by atoms with E-state index in [4.69, 9.17) is 4.74 Å². The van der Waals surface area contributed by atoms with Crippen molar-refractivity contribution in [2.24, 2.45) is 5.92 Å². The van der Waals surface area contributed by atoms with Crippen molar-refractivity contribution in [3.63, 3.8) is 0 Å². The fourth-order valence-corrected chi connectivity index (χ4v) is 2.18. The summed E-state index contributed by atoms with van der Waals surface area (Å²) in [5.41, 5.74) is 0. The van der Waals surface area contributed by atoms with E-state index in [2.05, 4.69) is 20.8 Å². The third kappa shape index (κ3) is 6.19. The van der Waals surface area contributed by atoms with E-state index in [0.717, 1.165) is 12.3 Å². The van der Waals surface area contributed by atoms with Crippen molar-refractivity contribution >= 4 is 0 Å². The topological polar surface area (TPSA) is 9.23 Å². The lowest BCUT2D eigenvalue weighted by atomic mass is 9.86. The highest BCUT2D eigenvalue weighted by Gasteiger charge is 2.21. The third-order valence-corrected chi connectivity index (χ3v) is 3.34. The maximum Gasteiger partial charge on any atom is 0.0578 e. The molecule has 0 N–H and O–H groups in total. The van der Waals surface area contributed by atoms with E-state index in [1.54, 1.807) is 0 Å². The van der Waals surface area contributed by atoms with Crippen LogP contribution in [0.2, 0.25) is 0 Å². The second-order valence-electron chi connectivity index (χ2n) is 4.46. The maximum absolute atomic E-state index is 5.94. The molecule has 1 nitrogen and oxygen atoms in total. The molecule has 0 heterocycles. The molecule has 0 bridgehead atoms. The molecule has 0 radical (unpaired) electrons. The van der Waals surface area contributed by atoms with Crippen molar-refractivity contribution in [3.8, 4) is 0 Å². The molecular formula is C14H30O. The highest BCUT2D eigenvalue weighted by Crippen LogP contribution is 2.28. The molecule has 0 spiro atoms. The largest absolute Gasteiger partial charge is 0.375 e. The molecule has 1 aliphatic rings. The summed E-state index contributed by atoms with van der Waals surface area (Å²) in [7, 11) is 0. The van der Waals surface area contributed by atoms with E-state index in [1.165, 1.54) is 32.1 Å². The Bertz CT molecular complexity index is 127. The summed E-state index contributed by atoms with van der Waals surface area (Å²) < 4.78 is 5.94.